The predicted octanol–water partition coefficient (Wildman–Crippen LogP) is 3.38. The van der Waals surface area contributed by atoms with Crippen molar-refractivity contribution in [2.24, 2.45) is 0 Å². The smallest absolute Gasteiger partial charge is 0.222 e. The van der Waals surface area contributed by atoms with Crippen LogP contribution >= 0.6 is 0 Å². The van der Waals surface area contributed by atoms with E-state index in [1.54, 1.807) is 6.92 Å². The van der Waals surface area contributed by atoms with E-state index in [4.69, 9.17) is 0 Å². The summed E-state index contributed by atoms with van der Waals surface area (Å²) in [7, 11) is 0. The lowest BCUT2D eigenvalue weighted by Gasteiger charge is -2.04. The van der Waals surface area contributed by atoms with E-state index in [0.29, 0.717) is 5.70 Å². The van der Waals surface area contributed by atoms with Crippen molar-refractivity contribution in [3.63, 3.8) is 0 Å². The highest BCUT2D eigenvalue weighted by Gasteiger charge is 2.37. The summed E-state index contributed by atoms with van der Waals surface area (Å²) in [6, 6.07) is 9.13. The fraction of sp³-hybridized carbons (Fsp3) is 0.231. The number of benzene rings is 1. The molecule has 0 saturated carbocycles. The van der Waals surface area contributed by atoms with Crippen molar-refractivity contribution in [1.82, 2.24) is 14.8 Å². The summed E-state index contributed by atoms with van der Waals surface area (Å²) in [6.07, 6.45) is -4.27. The van der Waals surface area contributed by atoms with Gasteiger partial charge < -0.3 is 0 Å². The zero-order valence-electron chi connectivity index (χ0n) is 10.3. The van der Waals surface area contributed by atoms with E-state index in [0.717, 1.165) is 10.2 Å². The zero-order chi connectivity index (χ0) is 14.0. The molecule has 0 N–H and O–H groups in total. The van der Waals surface area contributed by atoms with Crippen molar-refractivity contribution in [3.8, 4) is 0 Å². The molecule has 0 bridgehead atoms. The van der Waals surface area contributed by atoms with Crippen LogP contribution in [0.1, 0.15) is 24.1 Å². The van der Waals surface area contributed by atoms with Crippen LogP contribution in [0.3, 0.4) is 0 Å². The Bertz CT molecular complexity index is 585. The molecule has 2 rings (SSSR count). The van der Waals surface area contributed by atoms with E-state index in [2.05, 4.69) is 16.7 Å². The van der Waals surface area contributed by atoms with Crippen LogP contribution in [0.15, 0.2) is 36.9 Å². The Morgan fingerprint density at radius 2 is 1.89 bits per heavy atom. The Kier molecular flexibility index (Phi) is 3.42. The van der Waals surface area contributed by atoms with Crippen LogP contribution < -0.4 is 0 Å². The molecule has 1 heterocycles. The van der Waals surface area contributed by atoms with Crippen LogP contribution in [-0.2, 0) is 12.6 Å². The van der Waals surface area contributed by atoms with Crippen LogP contribution in [0.2, 0.25) is 0 Å². The van der Waals surface area contributed by atoms with E-state index >= 15 is 0 Å². The Labute approximate surface area is 108 Å². The van der Waals surface area contributed by atoms with Crippen molar-refractivity contribution in [2.75, 3.05) is 0 Å². The SMILES string of the molecule is C=C(C)n1nc(C(F)(F)F)nc1Cc1ccccc1. The van der Waals surface area contributed by atoms with Gasteiger partial charge in [0.05, 0.1) is 0 Å². The molecule has 0 fully saturated rings. The van der Waals surface area contributed by atoms with Crippen molar-refractivity contribution in [1.29, 1.82) is 0 Å². The van der Waals surface area contributed by atoms with Gasteiger partial charge in [-0.1, -0.05) is 36.9 Å². The van der Waals surface area contributed by atoms with Gasteiger partial charge in [0.25, 0.3) is 5.82 Å². The fourth-order valence-corrected chi connectivity index (χ4v) is 1.66. The average Bonchev–Trinajstić information content (AvgIpc) is 2.74. The monoisotopic (exact) mass is 267 g/mol. The third kappa shape index (κ3) is 3.01. The third-order valence-corrected chi connectivity index (χ3v) is 2.49. The molecule has 0 saturated heterocycles. The molecule has 0 aliphatic rings. The molecule has 1 aromatic heterocycles. The molecule has 0 radical (unpaired) electrons. The maximum Gasteiger partial charge on any atom is 0.453 e. The van der Waals surface area contributed by atoms with E-state index < -0.39 is 12.0 Å². The zero-order valence-corrected chi connectivity index (χ0v) is 10.3. The summed E-state index contributed by atoms with van der Waals surface area (Å²) in [5.74, 6) is -0.910. The second-order valence-electron chi connectivity index (χ2n) is 4.16. The number of alkyl halides is 3. The van der Waals surface area contributed by atoms with Gasteiger partial charge in [-0.05, 0) is 12.5 Å². The first-order valence-electron chi connectivity index (χ1n) is 5.61. The number of nitrogens with zero attached hydrogens (tertiary/aromatic N) is 3. The quantitative estimate of drug-likeness (QED) is 0.853. The highest BCUT2D eigenvalue weighted by molar-refractivity contribution is 5.38. The molecule has 0 spiro atoms. The van der Waals surface area contributed by atoms with E-state index in [-0.39, 0.29) is 12.2 Å². The number of hydrogen-bond donors (Lipinski definition) is 0. The molecular formula is C13H12F3N3. The topological polar surface area (TPSA) is 30.7 Å². The van der Waals surface area contributed by atoms with E-state index in [1.807, 2.05) is 30.3 Å². The normalized spacial score (nSPS) is 11.6. The average molecular weight is 267 g/mol. The van der Waals surface area contributed by atoms with Gasteiger partial charge in [-0.3, -0.25) is 0 Å². The van der Waals surface area contributed by atoms with Crippen molar-refractivity contribution < 1.29 is 13.2 Å². The predicted molar refractivity (Wildman–Crippen MR) is 65.3 cm³/mol. The molecule has 2 aromatic rings. The Balaban J connectivity index is 2.39. The van der Waals surface area contributed by atoms with Crippen LogP contribution in [-0.4, -0.2) is 14.8 Å². The molecule has 1 aromatic carbocycles. The first-order chi connectivity index (χ1) is 8.88. The van der Waals surface area contributed by atoms with Crippen LogP contribution in [0.25, 0.3) is 5.70 Å². The lowest BCUT2D eigenvalue weighted by molar-refractivity contribution is -0.144. The summed E-state index contributed by atoms with van der Waals surface area (Å²) in [5.41, 5.74) is 1.26. The molecular weight excluding hydrogens is 255 g/mol. The Morgan fingerprint density at radius 3 is 2.42 bits per heavy atom. The van der Waals surface area contributed by atoms with Gasteiger partial charge in [0.2, 0.25) is 0 Å². The minimum atomic E-state index is -4.55. The number of aromatic nitrogens is 3. The van der Waals surface area contributed by atoms with Gasteiger partial charge in [-0.2, -0.15) is 13.2 Å². The molecule has 0 aliphatic carbocycles. The summed E-state index contributed by atoms with van der Waals surface area (Å²) >= 11 is 0. The minimum Gasteiger partial charge on any atom is -0.222 e. The molecule has 0 amide bonds. The molecule has 0 unspecified atom stereocenters. The molecule has 6 heteroatoms. The summed E-state index contributed by atoms with van der Waals surface area (Å²) < 4.78 is 39.0. The standard InChI is InChI=1S/C13H12F3N3/c1-9(2)19-11(8-10-6-4-3-5-7-10)17-12(18-19)13(14,15)16/h3-7H,1,8H2,2H3. The van der Waals surface area contributed by atoms with E-state index in [1.165, 1.54) is 0 Å². The molecule has 3 nitrogen and oxygen atoms in total. The highest BCUT2D eigenvalue weighted by Crippen LogP contribution is 2.27. The van der Waals surface area contributed by atoms with Gasteiger partial charge in [-0.15, -0.1) is 5.10 Å². The maximum atomic E-state index is 12.6. The lowest BCUT2D eigenvalue weighted by atomic mass is 10.1. The summed E-state index contributed by atoms with van der Waals surface area (Å²) in [6.45, 7) is 5.20. The van der Waals surface area contributed by atoms with Gasteiger partial charge in [0.15, 0.2) is 0 Å². The number of halogens is 3. The van der Waals surface area contributed by atoms with E-state index in [9.17, 15) is 13.2 Å². The van der Waals surface area contributed by atoms with Gasteiger partial charge in [0.1, 0.15) is 5.82 Å². The second-order valence-corrected chi connectivity index (χ2v) is 4.16. The van der Waals surface area contributed by atoms with Crippen molar-refractivity contribution in [3.05, 3.63) is 54.1 Å². The second kappa shape index (κ2) is 4.87. The molecule has 0 atom stereocenters. The number of rotatable bonds is 3. The fourth-order valence-electron chi connectivity index (χ4n) is 1.66. The molecule has 100 valence electrons. The Morgan fingerprint density at radius 1 is 1.26 bits per heavy atom. The van der Waals surface area contributed by atoms with Crippen molar-refractivity contribution in [2.45, 2.75) is 19.5 Å². The maximum absolute atomic E-state index is 12.6. The van der Waals surface area contributed by atoms with Crippen LogP contribution in [0.5, 0.6) is 0 Å². The van der Waals surface area contributed by atoms with Gasteiger partial charge in [0, 0.05) is 12.1 Å². The number of hydrogen-bond acceptors (Lipinski definition) is 2. The summed E-state index contributed by atoms with van der Waals surface area (Å²) in [5, 5.41) is 3.46. The molecule has 19 heavy (non-hydrogen) atoms. The van der Waals surface area contributed by atoms with Crippen LogP contribution in [0.4, 0.5) is 13.2 Å². The van der Waals surface area contributed by atoms with Crippen LogP contribution in [0, 0.1) is 0 Å². The van der Waals surface area contributed by atoms with Crippen molar-refractivity contribution >= 4 is 5.70 Å². The largest absolute Gasteiger partial charge is 0.453 e. The first-order valence-corrected chi connectivity index (χ1v) is 5.61. The third-order valence-electron chi connectivity index (χ3n) is 2.49. The highest BCUT2D eigenvalue weighted by atomic mass is 19.4. The lowest BCUT2D eigenvalue weighted by Crippen LogP contribution is -2.08. The first kappa shape index (κ1) is 13.3. The van der Waals surface area contributed by atoms with Gasteiger partial charge >= 0.3 is 6.18 Å². The summed E-state index contributed by atoms with van der Waals surface area (Å²) in [4.78, 5) is 3.56. The molecule has 0 aliphatic heterocycles. The van der Waals surface area contributed by atoms with Gasteiger partial charge in [-0.25, -0.2) is 9.67 Å². The Hall–Kier alpha value is -2.11. The minimum absolute atomic E-state index is 0.228. The number of allylic oxidation sites excluding steroid dienone is 1.